The Morgan fingerprint density at radius 2 is 1.27 bits per heavy atom. The largest absolute Gasteiger partial charge is 0.0683 e. The van der Waals surface area contributed by atoms with E-state index in [9.17, 15) is 0 Å². The predicted molar refractivity (Wildman–Crippen MR) is 75.5 cm³/mol. The summed E-state index contributed by atoms with van der Waals surface area (Å²) >= 11 is 0. The van der Waals surface area contributed by atoms with Gasteiger partial charge in [0.1, 0.15) is 0 Å². The molecular formula is C15H36. The number of hydrogen-bond acceptors (Lipinski definition) is 0. The van der Waals surface area contributed by atoms with E-state index in [0.29, 0.717) is 0 Å². The quantitative estimate of drug-likeness (QED) is 0.448. The molecular weight excluding hydrogens is 180 g/mol. The molecule has 0 rings (SSSR count). The summed E-state index contributed by atoms with van der Waals surface area (Å²) in [6, 6.07) is 0. The maximum atomic E-state index is 2.35. The van der Waals surface area contributed by atoms with Gasteiger partial charge in [0.05, 0.1) is 0 Å². The summed E-state index contributed by atoms with van der Waals surface area (Å²) in [5.74, 6) is 0.955. The van der Waals surface area contributed by atoms with Crippen molar-refractivity contribution < 1.29 is 0 Å². The molecule has 0 aliphatic rings. The standard InChI is InChI=1S/C10H22.C3H8.C2H6/c1-4-6-7-8-9-10(3)5-2;1-3-2;1-2/h10H,4-9H2,1-3H3;3H2,1-2H3;1-2H3. The lowest BCUT2D eigenvalue weighted by molar-refractivity contribution is 0.477. The Labute approximate surface area is 99.9 Å². The van der Waals surface area contributed by atoms with Crippen molar-refractivity contribution in [2.24, 2.45) is 5.92 Å². The summed E-state index contributed by atoms with van der Waals surface area (Å²) in [6.45, 7) is 15.2. The molecule has 0 saturated heterocycles. The first-order valence-corrected chi connectivity index (χ1v) is 7.22. The Kier molecular flexibility index (Phi) is 32.2. The topological polar surface area (TPSA) is 0 Å². The van der Waals surface area contributed by atoms with Gasteiger partial charge in [-0.2, -0.15) is 0 Å². The molecule has 0 nitrogen and oxygen atoms in total. The number of unbranched alkanes of at least 4 members (excludes halogenated alkanes) is 3. The Bertz CT molecular complexity index is 66.4. The first-order valence-electron chi connectivity index (χ1n) is 7.22. The molecule has 0 saturated carbocycles. The van der Waals surface area contributed by atoms with Gasteiger partial charge < -0.3 is 0 Å². The second-order valence-electron chi connectivity index (χ2n) is 4.07. The van der Waals surface area contributed by atoms with E-state index in [1.54, 1.807) is 0 Å². The van der Waals surface area contributed by atoms with Crippen LogP contribution in [0, 0.1) is 5.92 Å². The van der Waals surface area contributed by atoms with Crippen LogP contribution in [-0.4, -0.2) is 0 Å². The summed E-state index contributed by atoms with van der Waals surface area (Å²) < 4.78 is 0. The van der Waals surface area contributed by atoms with E-state index in [1.165, 1.54) is 44.9 Å². The minimum atomic E-state index is 0.955. The van der Waals surface area contributed by atoms with Crippen LogP contribution in [0.25, 0.3) is 0 Å². The minimum Gasteiger partial charge on any atom is -0.0683 e. The zero-order chi connectivity index (χ0) is 12.5. The average Bonchev–Trinajstić information content (AvgIpc) is 2.28. The molecule has 96 valence electrons. The van der Waals surface area contributed by atoms with Gasteiger partial charge >= 0.3 is 0 Å². The van der Waals surface area contributed by atoms with Crippen molar-refractivity contribution in [3.63, 3.8) is 0 Å². The fourth-order valence-electron chi connectivity index (χ4n) is 1.12. The van der Waals surface area contributed by atoms with Gasteiger partial charge in [-0.05, 0) is 5.92 Å². The third-order valence-corrected chi connectivity index (χ3v) is 2.25. The molecule has 0 aliphatic heterocycles. The van der Waals surface area contributed by atoms with E-state index < -0.39 is 0 Å². The van der Waals surface area contributed by atoms with E-state index in [1.807, 2.05) is 13.8 Å². The smallest absolute Gasteiger partial charge is 0.0445 e. The first-order chi connectivity index (χ1) is 7.22. The van der Waals surface area contributed by atoms with Gasteiger partial charge in [0.15, 0.2) is 0 Å². The summed E-state index contributed by atoms with van der Waals surface area (Å²) in [6.07, 6.45) is 9.73. The number of rotatable bonds is 6. The van der Waals surface area contributed by atoms with Crippen molar-refractivity contribution in [2.45, 2.75) is 93.4 Å². The molecule has 15 heavy (non-hydrogen) atoms. The Morgan fingerprint density at radius 1 is 0.800 bits per heavy atom. The normalized spacial score (nSPS) is 10.6. The Hall–Kier alpha value is 0. The third kappa shape index (κ3) is 31.5. The Morgan fingerprint density at radius 3 is 1.60 bits per heavy atom. The monoisotopic (exact) mass is 216 g/mol. The molecule has 0 aromatic rings. The van der Waals surface area contributed by atoms with Crippen LogP contribution in [0.3, 0.4) is 0 Å². The second kappa shape index (κ2) is 23.7. The highest BCUT2D eigenvalue weighted by molar-refractivity contribution is 4.50. The van der Waals surface area contributed by atoms with E-state index in [0.717, 1.165) is 5.92 Å². The molecule has 0 aliphatic carbocycles. The molecule has 0 spiro atoms. The van der Waals surface area contributed by atoms with Crippen LogP contribution in [0.4, 0.5) is 0 Å². The summed E-state index contributed by atoms with van der Waals surface area (Å²) in [4.78, 5) is 0. The Balaban J connectivity index is -0.000000245. The zero-order valence-corrected chi connectivity index (χ0v) is 12.5. The second-order valence-corrected chi connectivity index (χ2v) is 4.07. The van der Waals surface area contributed by atoms with E-state index in [2.05, 4.69) is 34.6 Å². The van der Waals surface area contributed by atoms with Gasteiger partial charge in [-0.1, -0.05) is 93.4 Å². The van der Waals surface area contributed by atoms with Gasteiger partial charge in [-0.15, -0.1) is 0 Å². The summed E-state index contributed by atoms with van der Waals surface area (Å²) in [7, 11) is 0. The highest BCUT2D eigenvalue weighted by Gasteiger charge is 1.96. The number of hydrogen-bond donors (Lipinski definition) is 0. The molecule has 0 radical (unpaired) electrons. The molecule has 0 N–H and O–H groups in total. The zero-order valence-electron chi connectivity index (χ0n) is 12.5. The predicted octanol–water partition coefficient (Wildman–Crippen LogP) is 6.45. The van der Waals surface area contributed by atoms with E-state index in [4.69, 9.17) is 0 Å². The highest BCUT2D eigenvalue weighted by atomic mass is 14.0. The highest BCUT2D eigenvalue weighted by Crippen LogP contribution is 2.12. The fraction of sp³-hybridized carbons (Fsp3) is 1.00. The maximum Gasteiger partial charge on any atom is -0.0445 e. The minimum absolute atomic E-state index is 0.955. The maximum absolute atomic E-state index is 2.35. The van der Waals surface area contributed by atoms with Crippen molar-refractivity contribution in [1.82, 2.24) is 0 Å². The van der Waals surface area contributed by atoms with Crippen molar-refractivity contribution in [1.29, 1.82) is 0 Å². The van der Waals surface area contributed by atoms with Crippen molar-refractivity contribution >= 4 is 0 Å². The van der Waals surface area contributed by atoms with E-state index in [-0.39, 0.29) is 0 Å². The van der Waals surface area contributed by atoms with Crippen LogP contribution in [0.2, 0.25) is 0 Å². The van der Waals surface area contributed by atoms with E-state index >= 15 is 0 Å². The van der Waals surface area contributed by atoms with Crippen LogP contribution >= 0.6 is 0 Å². The molecule has 0 heterocycles. The van der Waals surface area contributed by atoms with Crippen molar-refractivity contribution in [2.75, 3.05) is 0 Å². The molecule has 1 unspecified atom stereocenters. The molecule has 0 aromatic heterocycles. The van der Waals surface area contributed by atoms with Gasteiger partial charge in [-0.3, -0.25) is 0 Å². The third-order valence-electron chi connectivity index (χ3n) is 2.25. The molecule has 1 atom stereocenters. The average molecular weight is 216 g/mol. The molecule has 0 amide bonds. The molecule has 0 heteroatoms. The molecule has 0 bridgehead atoms. The van der Waals surface area contributed by atoms with Crippen LogP contribution in [0.1, 0.15) is 93.4 Å². The molecule has 0 fully saturated rings. The first kappa shape index (κ1) is 20.4. The lowest BCUT2D eigenvalue weighted by atomic mass is 10.0. The van der Waals surface area contributed by atoms with Gasteiger partial charge in [0.2, 0.25) is 0 Å². The van der Waals surface area contributed by atoms with Crippen LogP contribution < -0.4 is 0 Å². The summed E-state index contributed by atoms with van der Waals surface area (Å²) in [5.41, 5.74) is 0. The van der Waals surface area contributed by atoms with Crippen LogP contribution in [0.5, 0.6) is 0 Å². The van der Waals surface area contributed by atoms with Crippen LogP contribution in [-0.2, 0) is 0 Å². The van der Waals surface area contributed by atoms with Gasteiger partial charge in [0, 0.05) is 0 Å². The summed E-state index contributed by atoms with van der Waals surface area (Å²) in [5, 5.41) is 0. The van der Waals surface area contributed by atoms with Crippen molar-refractivity contribution in [3.05, 3.63) is 0 Å². The van der Waals surface area contributed by atoms with Gasteiger partial charge in [-0.25, -0.2) is 0 Å². The fourth-order valence-corrected chi connectivity index (χ4v) is 1.12. The van der Waals surface area contributed by atoms with Crippen LogP contribution in [0.15, 0.2) is 0 Å². The van der Waals surface area contributed by atoms with Crippen molar-refractivity contribution in [3.8, 4) is 0 Å². The SMILES string of the molecule is CC.CCC.CCCCCCC(C)CC. The lowest BCUT2D eigenvalue weighted by Gasteiger charge is -2.06. The van der Waals surface area contributed by atoms with Gasteiger partial charge in [0.25, 0.3) is 0 Å². The lowest BCUT2D eigenvalue weighted by Crippen LogP contribution is -1.91. The molecule has 0 aromatic carbocycles.